The summed E-state index contributed by atoms with van der Waals surface area (Å²) in [5, 5.41) is 0. The Morgan fingerprint density at radius 2 is 1.62 bits per heavy atom. The fraction of sp³-hybridized carbons (Fsp3) is 0.333. The van der Waals surface area contributed by atoms with E-state index in [9.17, 15) is 0 Å². The van der Waals surface area contributed by atoms with E-state index in [-0.39, 0.29) is 6.04 Å². The molecule has 112 valence electrons. The standard InChI is InChI=1S/C18H24N2O/c1-11-6-7-15(13(3)8-11)18(20-19)17-14(4)9-12(2)10-16(17)21-5/h6-10,18,20H,19H2,1-5H3. The van der Waals surface area contributed by atoms with E-state index >= 15 is 0 Å². The van der Waals surface area contributed by atoms with Gasteiger partial charge in [-0.25, -0.2) is 5.43 Å². The normalized spacial score (nSPS) is 12.3. The molecular formula is C18H24N2O. The van der Waals surface area contributed by atoms with E-state index in [1.54, 1.807) is 7.11 Å². The van der Waals surface area contributed by atoms with Crippen molar-refractivity contribution in [3.8, 4) is 5.75 Å². The first kappa shape index (κ1) is 15.5. The molecular weight excluding hydrogens is 260 g/mol. The highest BCUT2D eigenvalue weighted by molar-refractivity contribution is 5.50. The SMILES string of the molecule is COc1cc(C)cc(C)c1C(NN)c1ccc(C)cc1C. The molecule has 0 bridgehead atoms. The quantitative estimate of drug-likeness (QED) is 0.667. The highest BCUT2D eigenvalue weighted by Crippen LogP contribution is 2.34. The minimum absolute atomic E-state index is 0.0823. The van der Waals surface area contributed by atoms with Gasteiger partial charge in [-0.3, -0.25) is 5.84 Å². The van der Waals surface area contributed by atoms with Crippen LogP contribution < -0.4 is 16.0 Å². The van der Waals surface area contributed by atoms with Gasteiger partial charge in [-0.15, -0.1) is 0 Å². The molecule has 1 unspecified atom stereocenters. The molecule has 0 aliphatic rings. The summed E-state index contributed by atoms with van der Waals surface area (Å²) in [7, 11) is 1.70. The van der Waals surface area contributed by atoms with Gasteiger partial charge in [0.1, 0.15) is 5.75 Å². The molecule has 0 aliphatic heterocycles. The second kappa shape index (κ2) is 6.29. The number of benzene rings is 2. The molecule has 2 aromatic carbocycles. The third-order valence-corrected chi connectivity index (χ3v) is 3.90. The number of methoxy groups -OCH3 is 1. The third kappa shape index (κ3) is 3.09. The van der Waals surface area contributed by atoms with E-state index in [2.05, 4.69) is 63.5 Å². The lowest BCUT2D eigenvalue weighted by atomic mass is 9.90. The number of nitrogens with two attached hydrogens (primary N) is 1. The third-order valence-electron chi connectivity index (χ3n) is 3.90. The summed E-state index contributed by atoms with van der Waals surface area (Å²) >= 11 is 0. The van der Waals surface area contributed by atoms with Crippen LogP contribution in [0.4, 0.5) is 0 Å². The van der Waals surface area contributed by atoms with Crippen molar-refractivity contribution in [2.75, 3.05) is 7.11 Å². The van der Waals surface area contributed by atoms with Crippen molar-refractivity contribution in [2.45, 2.75) is 33.7 Å². The van der Waals surface area contributed by atoms with Gasteiger partial charge in [0.15, 0.2) is 0 Å². The zero-order chi connectivity index (χ0) is 15.6. The first-order chi connectivity index (χ1) is 9.97. The Bertz CT molecular complexity index is 650. The first-order valence-corrected chi connectivity index (χ1v) is 7.16. The van der Waals surface area contributed by atoms with E-state index in [0.29, 0.717) is 0 Å². The Morgan fingerprint density at radius 3 is 2.19 bits per heavy atom. The number of rotatable bonds is 4. The van der Waals surface area contributed by atoms with Crippen molar-refractivity contribution >= 4 is 0 Å². The van der Waals surface area contributed by atoms with Gasteiger partial charge in [0, 0.05) is 5.56 Å². The molecule has 3 N–H and O–H groups in total. The van der Waals surface area contributed by atoms with Crippen LogP contribution in [0.1, 0.15) is 39.4 Å². The summed E-state index contributed by atoms with van der Waals surface area (Å²) in [6.07, 6.45) is 0. The topological polar surface area (TPSA) is 47.3 Å². The van der Waals surface area contributed by atoms with Crippen LogP contribution >= 0.6 is 0 Å². The van der Waals surface area contributed by atoms with E-state index in [0.717, 1.165) is 11.3 Å². The zero-order valence-corrected chi connectivity index (χ0v) is 13.4. The average molecular weight is 284 g/mol. The molecule has 2 aromatic rings. The maximum Gasteiger partial charge on any atom is 0.124 e. The predicted molar refractivity (Wildman–Crippen MR) is 87.6 cm³/mol. The van der Waals surface area contributed by atoms with Crippen LogP contribution in [0.3, 0.4) is 0 Å². The molecule has 3 heteroatoms. The Kier molecular flexibility index (Phi) is 4.66. The summed E-state index contributed by atoms with van der Waals surface area (Å²) in [6.45, 7) is 8.38. The highest BCUT2D eigenvalue weighted by Gasteiger charge is 2.21. The van der Waals surface area contributed by atoms with Crippen LogP contribution in [0.5, 0.6) is 5.75 Å². The zero-order valence-electron chi connectivity index (χ0n) is 13.4. The van der Waals surface area contributed by atoms with Gasteiger partial charge < -0.3 is 4.74 Å². The number of aryl methyl sites for hydroxylation is 4. The van der Waals surface area contributed by atoms with Crippen molar-refractivity contribution in [3.63, 3.8) is 0 Å². The number of hydrogen-bond donors (Lipinski definition) is 2. The van der Waals surface area contributed by atoms with Crippen molar-refractivity contribution in [1.82, 2.24) is 5.43 Å². The maximum absolute atomic E-state index is 5.87. The van der Waals surface area contributed by atoms with E-state index < -0.39 is 0 Å². The molecule has 21 heavy (non-hydrogen) atoms. The lowest BCUT2D eigenvalue weighted by Gasteiger charge is -2.24. The van der Waals surface area contributed by atoms with Crippen molar-refractivity contribution in [3.05, 3.63) is 63.7 Å². The molecule has 2 rings (SSSR count). The lowest BCUT2D eigenvalue weighted by Crippen LogP contribution is -2.30. The van der Waals surface area contributed by atoms with Gasteiger partial charge in [-0.2, -0.15) is 0 Å². The monoisotopic (exact) mass is 284 g/mol. The second-order valence-corrected chi connectivity index (χ2v) is 5.66. The molecule has 0 aromatic heterocycles. The van der Waals surface area contributed by atoms with Gasteiger partial charge in [0.2, 0.25) is 0 Å². The largest absolute Gasteiger partial charge is 0.496 e. The van der Waals surface area contributed by atoms with Crippen LogP contribution in [0, 0.1) is 27.7 Å². The Morgan fingerprint density at radius 1 is 0.952 bits per heavy atom. The van der Waals surface area contributed by atoms with Gasteiger partial charge in [-0.1, -0.05) is 29.8 Å². The summed E-state index contributed by atoms with van der Waals surface area (Å²) in [5.74, 6) is 6.74. The van der Waals surface area contributed by atoms with Crippen LogP contribution in [-0.2, 0) is 0 Å². The molecule has 0 radical (unpaired) electrons. The summed E-state index contributed by atoms with van der Waals surface area (Å²) < 4.78 is 5.58. The lowest BCUT2D eigenvalue weighted by molar-refractivity contribution is 0.403. The molecule has 0 fully saturated rings. The number of ether oxygens (including phenoxy) is 1. The van der Waals surface area contributed by atoms with Crippen LogP contribution in [0.25, 0.3) is 0 Å². The van der Waals surface area contributed by atoms with Crippen molar-refractivity contribution in [2.24, 2.45) is 5.84 Å². The van der Waals surface area contributed by atoms with Gasteiger partial charge in [0.05, 0.1) is 13.2 Å². The molecule has 0 saturated carbocycles. The van der Waals surface area contributed by atoms with Gasteiger partial charge in [-0.05, 0) is 56.0 Å². The van der Waals surface area contributed by atoms with Gasteiger partial charge >= 0.3 is 0 Å². The summed E-state index contributed by atoms with van der Waals surface area (Å²) in [6, 6.07) is 10.6. The van der Waals surface area contributed by atoms with E-state index in [1.807, 2.05) is 0 Å². The molecule has 0 saturated heterocycles. The molecule has 0 heterocycles. The predicted octanol–water partition coefficient (Wildman–Crippen LogP) is 3.48. The number of nitrogens with one attached hydrogen (secondary N) is 1. The van der Waals surface area contributed by atoms with Crippen LogP contribution in [0.2, 0.25) is 0 Å². The van der Waals surface area contributed by atoms with Crippen molar-refractivity contribution < 1.29 is 4.74 Å². The molecule has 0 aliphatic carbocycles. The van der Waals surface area contributed by atoms with Crippen LogP contribution in [-0.4, -0.2) is 7.11 Å². The Hall–Kier alpha value is -1.84. The Balaban J connectivity index is 2.61. The molecule has 1 atom stereocenters. The summed E-state index contributed by atoms with van der Waals surface area (Å²) in [4.78, 5) is 0. The van der Waals surface area contributed by atoms with Crippen molar-refractivity contribution in [1.29, 1.82) is 0 Å². The number of hydrazine groups is 1. The fourth-order valence-electron chi connectivity index (χ4n) is 2.96. The molecule has 3 nitrogen and oxygen atoms in total. The average Bonchev–Trinajstić information content (AvgIpc) is 2.42. The molecule has 0 spiro atoms. The maximum atomic E-state index is 5.87. The van der Waals surface area contributed by atoms with Crippen LogP contribution in [0.15, 0.2) is 30.3 Å². The second-order valence-electron chi connectivity index (χ2n) is 5.66. The Labute approximate surface area is 127 Å². The highest BCUT2D eigenvalue weighted by atomic mass is 16.5. The van der Waals surface area contributed by atoms with E-state index in [1.165, 1.54) is 27.8 Å². The smallest absolute Gasteiger partial charge is 0.124 e. The minimum atomic E-state index is -0.0823. The van der Waals surface area contributed by atoms with E-state index in [4.69, 9.17) is 10.6 Å². The minimum Gasteiger partial charge on any atom is -0.496 e. The van der Waals surface area contributed by atoms with Gasteiger partial charge in [0.25, 0.3) is 0 Å². The first-order valence-electron chi connectivity index (χ1n) is 7.16. The summed E-state index contributed by atoms with van der Waals surface area (Å²) in [5.41, 5.74) is 10.1. The fourth-order valence-corrected chi connectivity index (χ4v) is 2.96. The molecule has 0 amide bonds. The number of hydrogen-bond acceptors (Lipinski definition) is 3.